The summed E-state index contributed by atoms with van der Waals surface area (Å²) in [5.74, 6) is 0.261. The number of nitrogens with one attached hydrogen (secondary N) is 1. The molecule has 7 nitrogen and oxygen atoms in total. The van der Waals surface area contributed by atoms with Crippen molar-refractivity contribution >= 4 is 17.5 Å². The van der Waals surface area contributed by atoms with Crippen molar-refractivity contribution in [2.24, 2.45) is 0 Å². The molecule has 100 valence electrons. The molecule has 1 aromatic rings. The van der Waals surface area contributed by atoms with Crippen LogP contribution in [0, 0.1) is 17.0 Å². The number of nitro groups is 1. The number of anilines is 2. The van der Waals surface area contributed by atoms with Gasteiger partial charge in [-0.15, -0.1) is 0 Å². The Morgan fingerprint density at radius 1 is 1.44 bits per heavy atom. The van der Waals surface area contributed by atoms with Gasteiger partial charge in [0.2, 0.25) is 11.8 Å². The first-order valence-electron chi connectivity index (χ1n) is 6.04. The first kappa shape index (κ1) is 14.1. The van der Waals surface area contributed by atoms with Crippen molar-refractivity contribution in [1.29, 1.82) is 0 Å². The molecule has 0 saturated carbocycles. The van der Waals surface area contributed by atoms with E-state index in [2.05, 4.69) is 22.2 Å². The summed E-state index contributed by atoms with van der Waals surface area (Å²) in [4.78, 5) is 18.3. The minimum atomic E-state index is -0.476. The molecular formula is C11H19N5O2. The number of nitrogens with zero attached hydrogens (tertiary/aromatic N) is 3. The fourth-order valence-corrected chi connectivity index (χ4v) is 1.83. The number of aryl methyl sites for hydroxylation is 1. The zero-order valence-corrected chi connectivity index (χ0v) is 10.9. The number of hydrogen-bond acceptors (Lipinski definition) is 6. The lowest BCUT2D eigenvalue weighted by atomic mass is 10.1. The monoisotopic (exact) mass is 253 g/mol. The van der Waals surface area contributed by atoms with E-state index < -0.39 is 4.92 Å². The van der Waals surface area contributed by atoms with Gasteiger partial charge in [-0.1, -0.05) is 20.3 Å². The largest absolute Gasteiger partial charge is 0.368 e. The number of hydrogen-bond donors (Lipinski definition) is 2. The normalized spacial score (nSPS) is 12.2. The average molecular weight is 253 g/mol. The first-order valence-corrected chi connectivity index (χ1v) is 6.04. The Bertz CT molecular complexity index is 436. The second-order valence-corrected chi connectivity index (χ2v) is 4.16. The molecule has 0 spiro atoms. The molecule has 0 bridgehead atoms. The van der Waals surface area contributed by atoms with E-state index in [0.29, 0.717) is 0 Å². The third-order valence-electron chi connectivity index (χ3n) is 2.73. The van der Waals surface area contributed by atoms with Crippen molar-refractivity contribution in [3.05, 3.63) is 15.8 Å². The van der Waals surface area contributed by atoms with Gasteiger partial charge in [-0.25, -0.2) is 4.98 Å². The maximum Gasteiger partial charge on any atom is 0.332 e. The highest BCUT2D eigenvalue weighted by molar-refractivity contribution is 5.60. The standard InChI is InChI=1S/C11H19N5O2/c1-4-6-8(5-2)14-10-9(16(17)18)7(3)13-11(12)15-10/h8H,4-6H2,1-3H3,(H3,12,13,14,15). The highest BCUT2D eigenvalue weighted by Gasteiger charge is 2.22. The molecule has 1 rings (SSSR count). The molecule has 1 atom stereocenters. The molecular weight excluding hydrogens is 234 g/mol. The SMILES string of the molecule is CCCC(CC)Nc1nc(N)nc(C)c1[N+](=O)[O-]. The Morgan fingerprint density at radius 2 is 2.11 bits per heavy atom. The Hall–Kier alpha value is -1.92. The van der Waals surface area contributed by atoms with Crippen LogP contribution in [0.1, 0.15) is 38.8 Å². The van der Waals surface area contributed by atoms with Crippen LogP contribution in [0.15, 0.2) is 0 Å². The molecule has 1 aromatic heterocycles. The van der Waals surface area contributed by atoms with Crippen molar-refractivity contribution < 1.29 is 4.92 Å². The van der Waals surface area contributed by atoms with E-state index in [1.165, 1.54) is 0 Å². The van der Waals surface area contributed by atoms with Gasteiger partial charge in [-0.2, -0.15) is 4.98 Å². The van der Waals surface area contributed by atoms with Crippen molar-refractivity contribution in [1.82, 2.24) is 9.97 Å². The van der Waals surface area contributed by atoms with E-state index in [1.807, 2.05) is 6.92 Å². The molecule has 0 amide bonds. The van der Waals surface area contributed by atoms with Gasteiger partial charge >= 0.3 is 5.69 Å². The zero-order chi connectivity index (χ0) is 13.7. The summed E-state index contributed by atoms with van der Waals surface area (Å²) in [6.45, 7) is 5.65. The predicted octanol–water partition coefficient (Wildman–Crippen LogP) is 2.27. The average Bonchev–Trinajstić information content (AvgIpc) is 2.26. The Kier molecular flexibility index (Phi) is 4.82. The van der Waals surface area contributed by atoms with Gasteiger partial charge in [0.15, 0.2) is 0 Å². The topological polar surface area (TPSA) is 107 Å². The fraction of sp³-hybridized carbons (Fsp3) is 0.636. The van der Waals surface area contributed by atoms with Crippen LogP contribution in [0.2, 0.25) is 0 Å². The van der Waals surface area contributed by atoms with E-state index >= 15 is 0 Å². The minimum absolute atomic E-state index is 0.0481. The molecule has 18 heavy (non-hydrogen) atoms. The maximum atomic E-state index is 11.0. The summed E-state index contributed by atoms with van der Waals surface area (Å²) in [5.41, 5.74) is 5.72. The number of nitrogens with two attached hydrogens (primary N) is 1. The van der Waals surface area contributed by atoms with Gasteiger partial charge < -0.3 is 11.1 Å². The summed E-state index contributed by atoms with van der Waals surface area (Å²) < 4.78 is 0. The summed E-state index contributed by atoms with van der Waals surface area (Å²) in [6, 6.07) is 0.155. The van der Waals surface area contributed by atoms with E-state index in [4.69, 9.17) is 5.73 Å². The van der Waals surface area contributed by atoms with Crippen LogP contribution in [-0.4, -0.2) is 20.9 Å². The number of aromatic nitrogens is 2. The van der Waals surface area contributed by atoms with Crippen LogP contribution in [-0.2, 0) is 0 Å². The third-order valence-corrected chi connectivity index (χ3v) is 2.73. The van der Waals surface area contributed by atoms with E-state index in [9.17, 15) is 10.1 Å². The third kappa shape index (κ3) is 3.28. The maximum absolute atomic E-state index is 11.0. The lowest BCUT2D eigenvalue weighted by Gasteiger charge is -2.17. The summed E-state index contributed by atoms with van der Waals surface area (Å²) in [5, 5.41) is 14.1. The van der Waals surface area contributed by atoms with Crippen LogP contribution < -0.4 is 11.1 Å². The van der Waals surface area contributed by atoms with E-state index in [0.717, 1.165) is 19.3 Å². The summed E-state index contributed by atoms with van der Waals surface area (Å²) >= 11 is 0. The smallest absolute Gasteiger partial charge is 0.332 e. The molecule has 7 heteroatoms. The highest BCUT2D eigenvalue weighted by atomic mass is 16.6. The van der Waals surface area contributed by atoms with Crippen molar-refractivity contribution in [3.63, 3.8) is 0 Å². The van der Waals surface area contributed by atoms with Crippen LogP contribution in [0.25, 0.3) is 0 Å². The lowest BCUT2D eigenvalue weighted by molar-refractivity contribution is -0.385. The second-order valence-electron chi connectivity index (χ2n) is 4.16. The summed E-state index contributed by atoms with van der Waals surface area (Å²) in [7, 11) is 0. The van der Waals surface area contributed by atoms with Gasteiger partial charge in [0.1, 0.15) is 5.69 Å². The molecule has 0 aliphatic rings. The fourth-order valence-electron chi connectivity index (χ4n) is 1.83. The van der Waals surface area contributed by atoms with Gasteiger partial charge in [0.25, 0.3) is 0 Å². The molecule has 0 aliphatic carbocycles. The molecule has 3 N–H and O–H groups in total. The van der Waals surface area contributed by atoms with Gasteiger partial charge in [-0.05, 0) is 19.8 Å². The summed E-state index contributed by atoms with van der Waals surface area (Å²) in [6.07, 6.45) is 2.80. The number of nitrogen functional groups attached to an aromatic ring is 1. The van der Waals surface area contributed by atoms with Gasteiger partial charge in [-0.3, -0.25) is 10.1 Å². The minimum Gasteiger partial charge on any atom is -0.368 e. The molecule has 1 unspecified atom stereocenters. The van der Waals surface area contributed by atoms with Crippen molar-refractivity contribution in [2.45, 2.75) is 46.1 Å². The Balaban J connectivity index is 3.09. The van der Waals surface area contributed by atoms with Crippen LogP contribution >= 0.6 is 0 Å². The molecule has 1 heterocycles. The molecule has 0 radical (unpaired) electrons. The predicted molar refractivity (Wildman–Crippen MR) is 70.4 cm³/mol. The van der Waals surface area contributed by atoms with E-state index in [1.54, 1.807) is 6.92 Å². The zero-order valence-electron chi connectivity index (χ0n) is 10.9. The van der Waals surface area contributed by atoms with Crippen LogP contribution in [0.4, 0.5) is 17.5 Å². The van der Waals surface area contributed by atoms with Gasteiger partial charge in [0.05, 0.1) is 4.92 Å². The lowest BCUT2D eigenvalue weighted by Crippen LogP contribution is -2.20. The van der Waals surface area contributed by atoms with Crippen LogP contribution in [0.3, 0.4) is 0 Å². The Morgan fingerprint density at radius 3 is 2.61 bits per heavy atom. The Labute approximate surface area is 106 Å². The number of rotatable bonds is 6. The van der Waals surface area contributed by atoms with Crippen LogP contribution in [0.5, 0.6) is 0 Å². The van der Waals surface area contributed by atoms with Crippen molar-refractivity contribution in [3.8, 4) is 0 Å². The second kappa shape index (κ2) is 6.13. The molecule has 0 aliphatic heterocycles. The molecule has 0 aromatic carbocycles. The molecule has 0 saturated heterocycles. The molecule has 0 fully saturated rings. The van der Waals surface area contributed by atoms with Crippen molar-refractivity contribution in [2.75, 3.05) is 11.1 Å². The van der Waals surface area contributed by atoms with E-state index in [-0.39, 0.29) is 29.2 Å². The quantitative estimate of drug-likeness (QED) is 0.594. The highest BCUT2D eigenvalue weighted by Crippen LogP contribution is 2.27. The first-order chi connectivity index (χ1) is 8.49. The van der Waals surface area contributed by atoms with Gasteiger partial charge in [0, 0.05) is 6.04 Å².